The Balaban J connectivity index is 1.75. The summed E-state index contributed by atoms with van der Waals surface area (Å²) in [4.78, 5) is 14.7. The van der Waals surface area contributed by atoms with Crippen LogP contribution in [0.4, 0.5) is 13.2 Å². The van der Waals surface area contributed by atoms with Gasteiger partial charge in [0.25, 0.3) is 5.91 Å². The van der Waals surface area contributed by atoms with E-state index in [1.807, 2.05) is 0 Å². The van der Waals surface area contributed by atoms with Crippen LogP contribution in [0.5, 0.6) is 0 Å². The van der Waals surface area contributed by atoms with Gasteiger partial charge in [-0.05, 0) is 44.8 Å². The molecule has 128 valence electrons. The molecule has 0 saturated carbocycles. The zero-order valence-electron chi connectivity index (χ0n) is 12.9. The Kier molecular flexibility index (Phi) is 4.35. The zero-order chi connectivity index (χ0) is 16.5. The lowest BCUT2D eigenvalue weighted by Crippen LogP contribution is -2.57. The van der Waals surface area contributed by atoms with E-state index in [1.54, 1.807) is 28.0 Å². The number of nitrogens with zero attached hydrogens (tertiary/aromatic N) is 3. The Labute approximate surface area is 132 Å². The Hall–Kier alpha value is -1.57. The highest BCUT2D eigenvalue weighted by molar-refractivity contribution is 5.84. The summed E-state index contributed by atoms with van der Waals surface area (Å²) >= 11 is 0. The van der Waals surface area contributed by atoms with E-state index >= 15 is 0 Å². The van der Waals surface area contributed by atoms with Crippen LogP contribution in [0.25, 0.3) is 0 Å². The average molecular weight is 330 g/mol. The van der Waals surface area contributed by atoms with Crippen molar-refractivity contribution in [1.29, 1.82) is 0 Å². The lowest BCUT2D eigenvalue weighted by molar-refractivity contribution is -0.187. The van der Waals surface area contributed by atoms with Gasteiger partial charge in [0.1, 0.15) is 5.54 Å². The standard InChI is InChI=1S/C15H21F3N4O/c16-15(17,18)12-2-10-21(11-3-12)13(23)14(4-7-19-8-5-14)22-9-1-6-20-22/h1,6,9,12,19H,2-5,7-8,10-11H2. The summed E-state index contributed by atoms with van der Waals surface area (Å²) in [6.07, 6.45) is 0.424. The number of hydrogen-bond donors (Lipinski definition) is 1. The van der Waals surface area contributed by atoms with Gasteiger partial charge < -0.3 is 10.2 Å². The van der Waals surface area contributed by atoms with Gasteiger partial charge in [0.15, 0.2) is 0 Å². The van der Waals surface area contributed by atoms with E-state index in [1.165, 1.54) is 0 Å². The van der Waals surface area contributed by atoms with Gasteiger partial charge in [-0.1, -0.05) is 0 Å². The second kappa shape index (κ2) is 6.14. The van der Waals surface area contributed by atoms with Crippen LogP contribution in [0.1, 0.15) is 25.7 Å². The topological polar surface area (TPSA) is 50.2 Å². The third-order valence-electron chi connectivity index (χ3n) is 5.02. The van der Waals surface area contributed by atoms with Gasteiger partial charge in [-0.25, -0.2) is 0 Å². The van der Waals surface area contributed by atoms with E-state index in [4.69, 9.17) is 0 Å². The predicted octanol–water partition coefficient (Wildman–Crippen LogP) is 1.76. The van der Waals surface area contributed by atoms with Crippen molar-refractivity contribution < 1.29 is 18.0 Å². The molecule has 0 aliphatic carbocycles. The van der Waals surface area contributed by atoms with Gasteiger partial charge in [-0.2, -0.15) is 18.3 Å². The first-order chi connectivity index (χ1) is 10.9. The third kappa shape index (κ3) is 3.08. The number of hydrogen-bond acceptors (Lipinski definition) is 3. The Morgan fingerprint density at radius 2 is 1.87 bits per heavy atom. The van der Waals surface area contributed by atoms with E-state index in [0.717, 1.165) is 0 Å². The number of rotatable bonds is 2. The van der Waals surface area contributed by atoms with Crippen molar-refractivity contribution in [3.8, 4) is 0 Å². The van der Waals surface area contributed by atoms with Crippen LogP contribution in [0.3, 0.4) is 0 Å². The van der Waals surface area contributed by atoms with Gasteiger partial charge in [0.2, 0.25) is 0 Å². The van der Waals surface area contributed by atoms with Gasteiger partial charge in [-0.15, -0.1) is 0 Å². The first-order valence-corrected chi connectivity index (χ1v) is 8.00. The van der Waals surface area contributed by atoms with Crippen LogP contribution in [-0.2, 0) is 10.3 Å². The van der Waals surface area contributed by atoms with Crippen LogP contribution < -0.4 is 5.32 Å². The molecule has 0 radical (unpaired) electrons. The van der Waals surface area contributed by atoms with E-state index in [9.17, 15) is 18.0 Å². The molecule has 0 atom stereocenters. The quantitative estimate of drug-likeness (QED) is 0.899. The van der Waals surface area contributed by atoms with Crippen LogP contribution in [0.15, 0.2) is 18.5 Å². The number of halogens is 3. The summed E-state index contributed by atoms with van der Waals surface area (Å²) in [6, 6.07) is 1.77. The minimum Gasteiger partial charge on any atom is -0.341 e. The molecule has 3 rings (SSSR count). The van der Waals surface area contributed by atoms with Gasteiger partial charge in [-0.3, -0.25) is 9.48 Å². The van der Waals surface area contributed by atoms with Crippen LogP contribution >= 0.6 is 0 Å². The van der Waals surface area contributed by atoms with Crippen molar-refractivity contribution in [3.63, 3.8) is 0 Å². The first kappa shape index (κ1) is 16.3. The minimum atomic E-state index is -4.16. The Morgan fingerprint density at radius 1 is 1.22 bits per heavy atom. The van der Waals surface area contributed by atoms with E-state index in [-0.39, 0.29) is 31.8 Å². The number of amides is 1. The maximum Gasteiger partial charge on any atom is 0.391 e. The number of piperidine rings is 2. The first-order valence-electron chi connectivity index (χ1n) is 8.00. The summed E-state index contributed by atoms with van der Waals surface area (Å²) in [7, 11) is 0. The molecule has 3 heterocycles. The molecule has 1 N–H and O–H groups in total. The van der Waals surface area contributed by atoms with Crippen LogP contribution in [0.2, 0.25) is 0 Å². The van der Waals surface area contributed by atoms with Crippen molar-refractivity contribution >= 4 is 5.91 Å². The SMILES string of the molecule is O=C(N1CCC(C(F)(F)F)CC1)C1(n2cccn2)CCNCC1. The second-order valence-corrected chi connectivity index (χ2v) is 6.34. The van der Waals surface area contributed by atoms with E-state index in [0.29, 0.717) is 25.9 Å². The second-order valence-electron chi connectivity index (χ2n) is 6.34. The molecule has 2 aliphatic heterocycles. The molecule has 2 aliphatic rings. The number of nitrogens with one attached hydrogen (secondary N) is 1. The molecule has 5 nitrogen and oxygen atoms in total. The molecule has 0 aromatic carbocycles. The fourth-order valence-electron chi connectivity index (χ4n) is 3.61. The van der Waals surface area contributed by atoms with Gasteiger partial charge in [0.05, 0.1) is 5.92 Å². The smallest absolute Gasteiger partial charge is 0.341 e. The van der Waals surface area contributed by atoms with Crippen molar-refractivity contribution in [3.05, 3.63) is 18.5 Å². The highest BCUT2D eigenvalue weighted by atomic mass is 19.4. The molecule has 1 aromatic heterocycles. The number of carbonyl (C=O) groups is 1. The predicted molar refractivity (Wildman–Crippen MR) is 77.7 cm³/mol. The number of aromatic nitrogens is 2. The van der Waals surface area contributed by atoms with Gasteiger partial charge >= 0.3 is 6.18 Å². The molecular formula is C15H21F3N4O. The minimum absolute atomic E-state index is 0.0112. The van der Waals surface area contributed by atoms with Crippen molar-refractivity contribution in [1.82, 2.24) is 20.0 Å². The van der Waals surface area contributed by atoms with E-state index in [2.05, 4.69) is 10.4 Å². The van der Waals surface area contributed by atoms with Crippen LogP contribution in [-0.4, -0.2) is 52.9 Å². The summed E-state index contributed by atoms with van der Waals surface area (Å²) in [5.41, 5.74) is -0.764. The lowest BCUT2D eigenvalue weighted by atomic mass is 9.85. The van der Waals surface area contributed by atoms with Crippen molar-refractivity contribution in [2.45, 2.75) is 37.4 Å². The molecule has 23 heavy (non-hydrogen) atoms. The zero-order valence-corrected chi connectivity index (χ0v) is 12.9. The summed E-state index contributed by atoms with van der Waals surface area (Å²) in [5.74, 6) is -1.39. The lowest BCUT2D eigenvalue weighted by Gasteiger charge is -2.42. The molecule has 2 fully saturated rings. The molecule has 2 saturated heterocycles. The largest absolute Gasteiger partial charge is 0.391 e. The van der Waals surface area contributed by atoms with Crippen molar-refractivity contribution in [2.75, 3.05) is 26.2 Å². The number of likely N-dealkylation sites (tertiary alicyclic amines) is 1. The molecular weight excluding hydrogens is 309 g/mol. The molecule has 8 heteroatoms. The highest BCUT2D eigenvalue weighted by Crippen LogP contribution is 2.36. The van der Waals surface area contributed by atoms with Crippen molar-refractivity contribution in [2.24, 2.45) is 5.92 Å². The fourth-order valence-corrected chi connectivity index (χ4v) is 3.61. The molecule has 0 unspecified atom stereocenters. The Bertz CT molecular complexity index is 529. The number of carbonyl (C=O) groups excluding carboxylic acids is 1. The van der Waals surface area contributed by atoms with Gasteiger partial charge in [0, 0.05) is 25.5 Å². The Morgan fingerprint density at radius 3 is 2.39 bits per heavy atom. The summed E-state index contributed by atoms with van der Waals surface area (Å²) in [5, 5.41) is 7.47. The molecule has 1 aromatic rings. The number of alkyl halides is 3. The average Bonchev–Trinajstić information content (AvgIpc) is 3.09. The summed E-state index contributed by atoms with van der Waals surface area (Å²) in [6.45, 7) is 1.73. The van der Waals surface area contributed by atoms with E-state index < -0.39 is 17.6 Å². The maximum atomic E-state index is 13.1. The third-order valence-corrected chi connectivity index (χ3v) is 5.02. The molecule has 1 amide bonds. The molecule has 0 bridgehead atoms. The fraction of sp³-hybridized carbons (Fsp3) is 0.733. The van der Waals surface area contributed by atoms with Crippen LogP contribution in [0, 0.1) is 5.92 Å². The normalized spacial score (nSPS) is 23.0. The summed E-state index contributed by atoms with van der Waals surface area (Å²) < 4.78 is 40.1. The highest BCUT2D eigenvalue weighted by Gasteiger charge is 2.47. The monoisotopic (exact) mass is 330 g/mol. The maximum absolute atomic E-state index is 13.1. The molecule has 0 spiro atoms.